The summed E-state index contributed by atoms with van der Waals surface area (Å²) in [7, 11) is 4.30. The largest absolute Gasteiger partial charge is 0.508 e. The number of hydrogen-bond acceptors (Lipinski definition) is 6. The van der Waals surface area contributed by atoms with Gasteiger partial charge in [0.15, 0.2) is 5.76 Å². The first-order valence-electron chi connectivity index (χ1n) is 6.29. The standard InChI is InChI=1S/C14H17NO6/c1-7-8(6-21-14(18)20-4)11-12(15(7)2)9(16)5-10(19-3)13(11)17/h5,9,16H,6H2,1-4H3. The van der Waals surface area contributed by atoms with Crippen LogP contribution in [0.15, 0.2) is 11.8 Å². The van der Waals surface area contributed by atoms with Crippen molar-refractivity contribution in [3.63, 3.8) is 0 Å². The number of nitrogens with zero attached hydrogens (tertiary/aromatic N) is 1. The SMILES string of the molecule is COC(=O)OCc1c2c(n(C)c1C)C(O)C=C(OC)C2=O. The normalized spacial score (nSPS) is 17.1. The summed E-state index contributed by atoms with van der Waals surface area (Å²) >= 11 is 0. The van der Waals surface area contributed by atoms with E-state index in [9.17, 15) is 14.7 Å². The van der Waals surface area contributed by atoms with Crippen molar-refractivity contribution in [2.45, 2.75) is 19.6 Å². The molecule has 0 radical (unpaired) electrons. The second-order valence-corrected chi connectivity index (χ2v) is 4.64. The predicted molar refractivity (Wildman–Crippen MR) is 71.7 cm³/mol. The van der Waals surface area contributed by atoms with Crippen LogP contribution >= 0.6 is 0 Å². The van der Waals surface area contributed by atoms with Crippen LogP contribution in [-0.4, -0.2) is 35.8 Å². The fourth-order valence-corrected chi connectivity index (χ4v) is 2.43. The van der Waals surface area contributed by atoms with Gasteiger partial charge in [0.1, 0.15) is 12.7 Å². The lowest BCUT2D eigenvalue weighted by Gasteiger charge is -2.18. The number of methoxy groups -OCH3 is 2. The van der Waals surface area contributed by atoms with Crippen molar-refractivity contribution < 1.29 is 28.9 Å². The number of carbonyl (C=O) groups is 2. The summed E-state index contributed by atoms with van der Waals surface area (Å²) in [6.45, 7) is 1.66. The van der Waals surface area contributed by atoms with Crippen LogP contribution in [0.25, 0.3) is 0 Å². The number of hydrogen-bond donors (Lipinski definition) is 1. The molecule has 1 aliphatic rings. The number of ketones is 1. The Kier molecular flexibility index (Phi) is 4.04. The van der Waals surface area contributed by atoms with Crippen LogP contribution in [0, 0.1) is 6.92 Å². The van der Waals surface area contributed by atoms with E-state index in [-0.39, 0.29) is 18.1 Å². The van der Waals surface area contributed by atoms with Crippen LogP contribution in [0.3, 0.4) is 0 Å². The molecule has 0 amide bonds. The highest BCUT2D eigenvalue weighted by Gasteiger charge is 2.34. The van der Waals surface area contributed by atoms with E-state index in [1.165, 1.54) is 20.3 Å². The van der Waals surface area contributed by atoms with Gasteiger partial charge in [-0.3, -0.25) is 4.79 Å². The zero-order chi connectivity index (χ0) is 15.7. The molecule has 21 heavy (non-hydrogen) atoms. The lowest BCUT2D eigenvalue weighted by Crippen LogP contribution is -2.19. The lowest BCUT2D eigenvalue weighted by molar-refractivity contribution is 0.0660. The number of aliphatic hydroxyl groups is 1. The molecule has 0 bridgehead atoms. The summed E-state index contributed by atoms with van der Waals surface area (Å²) in [5, 5.41) is 10.2. The molecule has 0 fully saturated rings. The quantitative estimate of drug-likeness (QED) is 0.848. The van der Waals surface area contributed by atoms with Gasteiger partial charge in [-0.2, -0.15) is 0 Å². The first-order chi connectivity index (χ1) is 9.92. The highest BCUT2D eigenvalue weighted by Crippen LogP contribution is 2.34. The maximum Gasteiger partial charge on any atom is 0.508 e. The Hall–Kier alpha value is -2.28. The minimum atomic E-state index is -0.955. The number of ether oxygens (including phenoxy) is 3. The second kappa shape index (κ2) is 5.61. The first-order valence-corrected chi connectivity index (χ1v) is 6.29. The Balaban J connectivity index is 2.48. The molecule has 0 saturated heterocycles. The van der Waals surface area contributed by atoms with Gasteiger partial charge in [-0.15, -0.1) is 0 Å². The van der Waals surface area contributed by atoms with E-state index in [0.29, 0.717) is 16.8 Å². The fourth-order valence-electron chi connectivity index (χ4n) is 2.43. The number of Topliss-reactive ketones (excluding diaryl/α,β-unsaturated/α-hetero) is 1. The van der Waals surface area contributed by atoms with E-state index >= 15 is 0 Å². The Morgan fingerprint density at radius 1 is 1.43 bits per heavy atom. The van der Waals surface area contributed by atoms with Crippen LogP contribution in [0.5, 0.6) is 0 Å². The summed E-state index contributed by atoms with van der Waals surface area (Å²) in [4.78, 5) is 23.5. The molecule has 2 rings (SSSR count). The highest BCUT2D eigenvalue weighted by atomic mass is 16.7. The molecule has 1 aromatic rings. The van der Waals surface area contributed by atoms with E-state index in [4.69, 9.17) is 9.47 Å². The summed E-state index contributed by atoms with van der Waals surface area (Å²) in [6.07, 6.45) is -0.434. The monoisotopic (exact) mass is 295 g/mol. The summed E-state index contributed by atoms with van der Waals surface area (Å²) in [6, 6.07) is 0. The van der Waals surface area contributed by atoms with Crippen molar-refractivity contribution in [2.24, 2.45) is 7.05 Å². The van der Waals surface area contributed by atoms with Crippen molar-refractivity contribution in [1.82, 2.24) is 4.57 Å². The molecule has 7 heteroatoms. The average molecular weight is 295 g/mol. The third kappa shape index (κ3) is 2.40. The number of aromatic nitrogens is 1. The van der Waals surface area contributed by atoms with Gasteiger partial charge in [0.2, 0.25) is 5.78 Å². The third-order valence-corrected chi connectivity index (χ3v) is 3.62. The topological polar surface area (TPSA) is 87.0 Å². The van der Waals surface area contributed by atoms with Gasteiger partial charge in [0.25, 0.3) is 0 Å². The molecule has 0 aromatic carbocycles. The van der Waals surface area contributed by atoms with Crippen LogP contribution in [0.4, 0.5) is 4.79 Å². The van der Waals surface area contributed by atoms with Gasteiger partial charge in [-0.25, -0.2) is 4.79 Å². The third-order valence-electron chi connectivity index (χ3n) is 3.62. The Labute approximate surface area is 121 Å². The van der Waals surface area contributed by atoms with Crippen molar-refractivity contribution in [2.75, 3.05) is 14.2 Å². The van der Waals surface area contributed by atoms with Crippen LogP contribution in [0.2, 0.25) is 0 Å². The van der Waals surface area contributed by atoms with E-state index in [1.54, 1.807) is 18.5 Å². The van der Waals surface area contributed by atoms with Crippen molar-refractivity contribution in [3.05, 3.63) is 34.3 Å². The minimum Gasteiger partial charge on any atom is -0.493 e. The van der Waals surface area contributed by atoms with Crippen LogP contribution in [0.1, 0.15) is 33.4 Å². The minimum absolute atomic E-state index is 0.0694. The predicted octanol–water partition coefficient (Wildman–Crippen LogP) is 1.38. The van der Waals surface area contributed by atoms with Crippen LogP contribution < -0.4 is 0 Å². The molecule has 1 atom stereocenters. The molecule has 1 aliphatic carbocycles. The number of rotatable bonds is 3. The fraction of sp³-hybridized carbons (Fsp3) is 0.429. The number of fused-ring (bicyclic) bond motifs is 1. The molecule has 114 valence electrons. The summed E-state index contributed by atoms with van der Waals surface area (Å²) < 4.78 is 16.0. The molecule has 0 spiro atoms. The van der Waals surface area contributed by atoms with Gasteiger partial charge in [-0.1, -0.05) is 0 Å². The molecule has 7 nitrogen and oxygen atoms in total. The molecule has 0 saturated carbocycles. The number of carbonyl (C=O) groups excluding carboxylic acids is 2. The average Bonchev–Trinajstić information content (AvgIpc) is 2.73. The van der Waals surface area contributed by atoms with Gasteiger partial charge < -0.3 is 23.9 Å². The molecule has 1 heterocycles. The van der Waals surface area contributed by atoms with Gasteiger partial charge in [0.05, 0.1) is 25.5 Å². The maximum absolute atomic E-state index is 12.4. The van der Waals surface area contributed by atoms with Crippen molar-refractivity contribution in [1.29, 1.82) is 0 Å². The molecule has 1 aromatic heterocycles. The number of aliphatic hydroxyl groups excluding tert-OH is 1. The zero-order valence-corrected chi connectivity index (χ0v) is 12.3. The molecule has 1 N–H and O–H groups in total. The Morgan fingerprint density at radius 2 is 2.10 bits per heavy atom. The van der Waals surface area contributed by atoms with Crippen LogP contribution in [-0.2, 0) is 27.9 Å². The maximum atomic E-state index is 12.4. The summed E-state index contributed by atoms with van der Waals surface area (Å²) in [5.74, 6) is -0.273. The molecule has 0 aliphatic heterocycles. The molecular formula is C14H17NO6. The van der Waals surface area contributed by atoms with Gasteiger partial charge >= 0.3 is 6.16 Å². The zero-order valence-electron chi connectivity index (χ0n) is 12.3. The van der Waals surface area contributed by atoms with Crippen molar-refractivity contribution >= 4 is 11.9 Å². The van der Waals surface area contributed by atoms with E-state index in [1.807, 2.05) is 0 Å². The van der Waals surface area contributed by atoms with E-state index < -0.39 is 12.3 Å². The van der Waals surface area contributed by atoms with Gasteiger partial charge in [-0.05, 0) is 13.0 Å². The summed E-state index contributed by atoms with van der Waals surface area (Å²) in [5.41, 5.74) is 2.03. The van der Waals surface area contributed by atoms with E-state index in [0.717, 1.165) is 5.69 Å². The highest BCUT2D eigenvalue weighted by molar-refractivity contribution is 6.10. The van der Waals surface area contributed by atoms with E-state index in [2.05, 4.69) is 4.74 Å². The Bertz CT molecular complexity index is 628. The molecular weight excluding hydrogens is 278 g/mol. The molecule has 1 unspecified atom stereocenters. The lowest BCUT2D eigenvalue weighted by atomic mass is 9.95. The second-order valence-electron chi connectivity index (χ2n) is 4.64. The Morgan fingerprint density at radius 3 is 2.67 bits per heavy atom. The number of allylic oxidation sites excluding steroid dienone is 1. The van der Waals surface area contributed by atoms with Gasteiger partial charge in [0, 0.05) is 18.3 Å². The first kappa shape index (κ1) is 15.1. The smallest absolute Gasteiger partial charge is 0.493 e. The van der Waals surface area contributed by atoms with Crippen molar-refractivity contribution in [3.8, 4) is 0 Å².